The fourth-order valence-corrected chi connectivity index (χ4v) is 1.34. The molecule has 1 aromatic rings. The average Bonchev–Trinajstić information content (AvgIpc) is 2.16. The van der Waals surface area contributed by atoms with Crippen molar-refractivity contribution < 1.29 is 5.11 Å². The van der Waals surface area contributed by atoms with E-state index in [9.17, 15) is 5.11 Å². The van der Waals surface area contributed by atoms with Crippen molar-refractivity contribution in [2.45, 2.75) is 19.1 Å². The Bertz CT molecular complexity index is 371. The van der Waals surface area contributed by atoms with Crippen molar-refractivity contribution in [1.82, 2.24) is 0 Å². The van der Waals surface area contributed by atoms with Crippen LogP contribution in [0.5, 0.6) is 0 Å². The van der Waals surface area contributed by atoms with E-state index in [1.807, 2.05) is 6.07 Å². The number of nitrogens with zero attached hydrogens (tertiary/aromatic N) is 1. The topological polar surface area (TPSA) is 70.0 Å². The highest BCUT2D eigenvalue weighted by Crippen LogP contribution is 2.21. The van der Waals surface area contributed by atoms with Gasteiger partial charge in [-0.1, -0.05) is 17.7 Å². The summed E-state index contributed by atoms with van der Waals surface area (Å²) in [4.78, 5) is 0. The van der Waals surface area contributed by atoms with Gasteiger partial charge in [0.25, 0.3) is 0 Å². The molecule has 3 nitrogen and oxygen atoms in total. The maximum atomic E-state index is 9.26. The number of benzene rings is 1. The molecule has 2 atom stereocenters. The first-order chi connectivity index (χ1) is 6.56. The standard InChI is InChI=1S/C10H11ClN2O/c1-6(14)10(13)7-2-3-8(5-12)9(11)4-7/h2-4,6,10,14H,13H2,1H3/t6-,10-/m0/s1. The maximum absolute atomic E-state index is 9.26. The van der Waals surface area contributed by atoms with E-state index >= 15 is 0 Å². The van der Waals surface area contributed by atoms with Crippen LogP contribution in [0.2, 0.25) is 5.02 Å². The first-order valence-corrected chi connectivity index (χ1v) is 4.57. The third-order valence-electron chi connectivity index (χ3n) is 2.02. The Hall–Kier alpha value is -1.08. The maximum Gasteiger partial charge on any atom is 0.101 e. The number of aliphatic hydroxyl groups is 1. The van der Waals surface area contributed by atoms with Crippen molar-refractivity contribution >= 4 is 11.6 Å². The summed E-state index contributed by atoms with van der Waals surface area (Å²) in [6, 6.07) is 6.39. The van der Waals surface area contributed by atoms with Crippen molar-refractivity contribution in [3.63, 3.8) is 0 Å². The highest BCUT2D eigenvalue weighted by atomic mass is 35.5. The number of nitrogens with two attached hydrogens (primary N) is 1. The van der Waals surface area contributed by atoms with Crippen molar-refractivity contribution in [2.75, 3.05) is 0 Å². The molecular weight excluding hydrogens is 200 g/mol. The number of hydrogen-bond donors (Lipinski definition) is 2. The Kier molecular flexibility index (Phi) is 3.48. The lowest BCUT2D eigenvalue weighted by atomic mass is 10.0. The monoisotopic (exact) mass is 210 g/mol. The minimum Gasteiger partial charge on any atom is -0.391 e. The second-order valence-electron chi connectivity index (χ2n) is 3.12. The van der Waals surface area contributed by atoms with Gasteiger partial charge in [-0.3, -0.25) is 0 Å². The molecular formula is C10H11ClN2O. The molecule has 0 aliphatic rings. The number of aliphatic hydroxyl groups excluding tert-OH is 1. The van der Waals surface area contributed by atoms with E-state index in [2.05, 4.69) is 0 Å². The molecule has 4 heteroatoms. The van der Waals surface area contributed by atoms with E-state index in [0.717, 1.165) is 5.56 Å². The van der Waals surface area contributed by atoms with Gasteiger partial charge in [-0.25, -0.2) is 0 Å². The van der Waals surface area contributed by atoms with E-state index in [1.165, 1.54) is 0 Å². The Balaban J connectivity index is 3.04. The van der Waals surface area contributed by atoms with Crippen molar-refractivity contribution in [2.24, 2.45) is 5.73 Å². The largest absolute Gasteiger partial charge is 0.391 e. The molecule has 14 heavy (non-hydrogen) atoms. The van der Waals surface area contributed by atoms with E-state index in [0.29, 0.717) is 10.6 Å². The summed E-state index contributed by atoms with van der Waals surface area (Å²) >= 11 is 5.82. The van der Waals surface area contributed by atoms with Gasteiger partial charge in [0.05, 0.1) is 22.7 Å². The first kappa shape index (κ1) is 11.0. The van der Waals surface area contributed by atoms with Gasteiger partial charge in [-0.05, 0) is 24.6 Å². The molecule has 0 fully saturated rings. The molecule has 0 aliphatic carbocycles. The summed E-state index contributed by atoms with van der Waals surface area (Å²) in [6.07, 6.45) is -0.640. The summed E-state index contributed by atoms with van der Waals surface area (Å²) in [7, 11) is 0. The van der Waals surface area contributed by atoms with Gasteiger partial charge in [-0.15, -0.1) is 0 Å². The SMILES string of the molecule is C[C@H](O)[C@H](N)c1ccc(C#N)c(Cl)c1. The fourth-order valence-electron chi connectivity index (χ4n) is 1.11. The summed E-state index contributed by atoms with van der Waals surface area (Å²) < 4.78 is 0. The first-order valence-electron chi connectivity index (χ1n) is 4.19. The normalized spacial score (nSPS) is 14.5. The highest BCUT2D eigenvalue weighted by molar-refractivity contribution is 6.31. The number of hydrogen-bond acceptors (Lipinski definition) is 3. The van der Waals surface area contributed by atoms with E-state index in [1.54, 1.807) is 25.1 Å². The molecule has 1 rings (SSSR count). The summed E-state index contributed by atoms with van der Waals surface area (Å²) in [5.41, 5.74) is 6.84. The molecule has 0 aromatic heterocycles. The Morgan fingerprint density at radius 3 is 2.64 bits per heavy atom. The minimum atomic E-state index is -0.640. The Morgan fingerprint density at radius 2 is 2.21 bits per heavy atom. The van der Waals surface area contributed by atoms with Crippen LogP contribution in [0, 0.1) is 11.3 Å². The minimum absolute atomic E-state index is 0.362. The lowest BCUT2D eigenvalue weighted by Gasteiger charge is -2.15. The quantitative estimate of drug-likeness (QED) is 0.779. The smallest absolute Gasteiger partial charge is 0.101 e. The summed E-state index contributed by atoms with van der Waals surface area (Å²) in [5, 5.41) is 18.3. The fraction of sp³-hybridized carbons (Fsp3) is 0.300. The molecule has 0 unspecified atom stereocenters. The third kappa shape index (κ3) is 2.24. The van der Waals surface area contributed by atoms with Gasteiger partial charge in [0.1, 0.15) is 6.07 Å². The number of nitriles is 1. The molecule has 1 aromatic carbocycles. The van der Waals surface area contributed by atoms with Crippen molar-refractivity contribution in [1.29, 1.82) is 5.26 Å². The lowest BCUT2D eigenvalue weighted by Crippen LogP contribution is -2.23. The zero-order valence-electron chi connectivity index (χ0n) is 7.74. The third-order valence-corrected chi connectivity index (χ3v) is 2.33. The van der Waals surface area contributed by atoms with Gasteiger partial charge in [0, 0.05) is 0 Å². The molecule has 0 saturated carbocycles. The second kappa shape index (κ2) is 4.43. The molecule has 0 spiro atoms. The van der Waals surface area contributed by atoms with Crippen LogP contribution in [0.15, 0.2) is 18.2 Å². The second-order valence-corrected chi connectivity index (χ2v) is 3.52. The van der Waals surface area contributed by atoms with Crippen LogP contribution in [0.1, 0.15) is 24.1 Å². The van der Waals surface area contributed by atoms with Gasteiger partial charge >= 0.3 is 0 Å². The highest BCUT2D eigenvalue weighted by Gasteiger charge is 2.13. The molecule has 74 valence electrons. The molecule has 0 aliphatic heterocycles. The van der Waals surface area contributed by atoms with Crippen LogP contribution in [0.25, 0.3) is 0 Å². The van der Waals surface area contributed by atoms with Gasteiger partial charge in [0.2, 0.25) is 0 Å². The lowest BCUT2D eigenvalue weighted by molar-refractivity contribution is 0.164. The van der Waals surface area contributed by atoms with Crippen LogP contribution in [0.3, 0.4) is 0 Å². The van der Waals surface area contributed by atoms with Crippen LogP contribution in [0.4, 0.5) is 0 Å². The zero-order valence-corrected chi connectivity index (χ0v) is 8.49. The molecule has 3 N–H and O–H groups in total. The summed E-state index contributed by atoms with van der Waals surface area (Å²) in [5.74, 6) is 0. The van der Waals surface area contributed by atoms with E-state index in [4.69, 9.17) is 22.6 Å². The van der Waals surface area contributed by atoms with Crippen LogP contribution in [-0.2, 0) is 0 Å². The molecule has 0 bridgehead atoms. The average molecular weight is 211 g/mol. The number of rotatable bonds is 2. The predicted octanol–water partition coefficient (Wildman–Crippen LogP) is 1.59. The van der Waals surface area contributed by atoms with E-state index in [-0.39, 0.29) is 0 Å². The van der Waals surface area contributed by atoms with Crippen molar-refractivity contribution in [3.05, 3.63) is 34.3 Å². The van der Waals surface area contributed by atoms with Gasteiger partial charge in [-0.2, -0.15) is 5.26 Å². The van der Waals surface area contributed by atoms with Gasteiger partial charge in [0.15, 0.2) is 0 Å². The molecule has 0 saturated heterocycles. The van der Waals surface area contributed by atoms with Crippen molar-refractivity contribution in [3.8, 4) is 6.07 Å². The number of halogens is 1. The van der Waals surface area contributed by atoms with Gasteiger partial charge < -0.3 is 10.8 Å². The zero-order chi connectivity index (χ0) is 10.7. The Morgan fingerprint density at radius 1 is 1.57 bits per heavy atom. The Labute approximate surface area is 87.7 Å². The molecule has 0 amide bonds. The molecule has 0 heterocycles. The summed E-state index contributed by atoms with van der Waals surface area (Å²) in [6.45, 7) is 1.61. The van der Waals surface area contributed by atoms with Crippen LogP contribution < -0.4 is 5.73 Å². The van der Waals surface area contributed by atoms with E-state index < -0.39 is 12.1 Å². The predicted molar refractivity (Wildman–Crippen MR) is 54.8 cm³/mol. The molecule has 0 radical (unpaired) electrons. The van der Waals surface area contributed by atoms with Crippen LogP contribution in [-0.4, -0.2) is 11.2 Å². The van der Waals surface area contributed by atoms with Crippen LogP contribution >= 0.6 is 11.6 Å².